The van der Waals surface area contributed by atoms with Gasteiger partial charge in [0, 0.05) is 11.9 Å². The highest BCUT2D eigenvalue weighted by Crippen LogP contribution is 2.10. The Labute approximate surface area is 64.6 Å². The van der Waals surface area contributed by atoms with Gasteiger partial charge in [-0.25, -0.2) is 0 Å². The van der Waals surface area contributed by atoms with Gasteiger partial charge in [0.2, 0.25) is 0 Å². The average Bonchev–Trinajstić information content (AvgIpc) is 1.89. The number of hydrogen-bond donors (Lipinski definition) is 1. The molecular formula is C5H10N4S. The van der Waals surface area contributed by atoms with Crippen molar-refractivity contribution in [1.82, 2.24) is 0 Å². The Kier molecular flexibility index (Phi) is 4.00. The van der Waals surface area contributed by atoms with E-state index in [1.807, 2.05) is 6.07 Å². The lowest BCUT2D eigenvalue weighted by Crippen LogP contribution is -2.11. The third-order valence-corrected chi connectivity index (χ3v) is 1.04. The number of nitrogens with zero attached hydrogens (tertiary/aromatic N) is 3. The molecule has 0 aliphatic rings. The highest BCUT2D eigenvalue weighted by Gasteiger charge is 2.13. The summed E-state index contributed by atoms with van der Waals surface area (Å²) in [4.78, 5) is 0. The highest BCUT2D eigenvalue weighted by atomic mass is 32.2. The van der Waals surface area contributed by atoms with Crippen LogP contribution in [0, 0.1) is 11.3 Å². The third kappa shape index (κ3) is 4.30. The van der Waals surface area contributed by atoms with E-state index in [2.05, 4.69) is 9.63 Å². The van der Waals surface area contributed by atoms with Crippen LogP contribution in [0.5, 0.6) is 0 Å². The van der Waals surface area contributed by atoms with Gasteiger partial charge in [0.15, 0.2) is 5.54 Å². The van der Waals surface area contributed by atoms with E-state index in [9.17, 15) is 0 Å². The summed E-state index contributed by atoms with van der Waals surface area (Å²) in [7, 11) is 0. The molecular weight excluding hydrogens is 148 g/mol. The smallest absolute Gasteiger partial charge is 0.163 e. The van der Waals surface area contributed by atoms with Crippen LogP contribution in [0.25, 0.3) is 0 Å². The Balaban J connectivity index is 3.78. The first-order chi connectivity index (χ1) is 4.62. The van der Waals surface area contributed by atoms with Crippen molar-refractivity contribution in [2.45, 2.75) is 19.4 Å². The first-order valence-electron chi connectivity index (χ1n) is 2.78. The molecule has 0 atom stereocenters. The molecule has 0 aromatic heterocycles. The molecule has 0 saturated carbocycles. The Morgan fingerprint density at radius 2 is 2.30 bits per heavy atom. The fourth-order valence-electron chi connectivity index (χ4n) is 0.187. The molecule has 10 heavy (non-hydrogen) atoms. The molecule has 0 fully saturated rings. The summed E-state index contributed by atoms with van der Waals surface area (Å²) < 4.78 is 3.63. The van der Waals surface area contributed by atoms with Gasteiger partial charge in [-0.3, -0.25) is 0 Å². The molecule has 0 heterocycles. The zero-order valence-corrected chi connectivity index (χ0v) is 6.85. The van der Waals surface area contributed by atoms with Gasteiger partial charge in [-0.15, -0.1) is 4.52 Å². The molecule has 4 nitrogen and oxygen atoms in total. The maximum atomic E-state index is 8.45. The van der Waals surface area contributed by atoms with Gasteiger partial charge in [-0.05, 0) is 13.8 Å². The maximum Gasteiger partial charge on any atom is 0.163 e. The van der Waals surface area contributed by atoms with E-state index >= 15 is 0 Å². The minimum Gasteiger partial charge on any atom is -0.320 e. The third-order valence-electron chi connectivity index (χ3n) is 0.697. The normalized spacial score (nSPS) is 11.8. The Morgan fingerprint density at radius 1 is 1.70 bits per heavy atom. The second kappa shape index (κ2) is 4.25. The van der Waals surface area contributed by atoms with Crippen molar-refractivity contribution >= 4 is 11.9 Å². The van der Waals surface area contributed by atoms with Crippen LogP contribution in [0.1, 0.15) is 13.8 Å². The van der Waals surface area contributed by atoms with Crippen LogP contribution in [-0.4, -0.2) is 11.4 Å². The van der Waals surface area contributed by atoms with Gasteiger partial charge in [-0.1, -0.05) is 0 Å². The first-order valence-corrected chi connectivity index (χ1v) is 3.72. The molecule has 0 rings (SSSR count). The van der Waals surface area contributed by atoms with Crippen LogP contribution in [0.3, 0.4) is 0 Å². The highest BCUT2D eigenvalue weighted by molar-refractivity contribution is 7.97. The van der Waals surface area contributed by atoms with Crippen LogP contribution in [-0.2, 0) is 0 Å². The van der Waals surface area contributed by atoms with E-state index in [1.165, 1.54) is 0 Å². The molecule has 0 aromatic carbocycles. The Morgan fingerprint density at radius 3 is 2.70 bits per heavy atom. The average molecular weight is 158 g/mol. The molecule has 0 bridgehead atoms. The maximum absolute atomic E-state index is 8.45. The first kappa shape index (κ1) is 9.40. The molecule has 2 N–H and O–H groups in total. The van der Waals surface area contributed by atoms with Gasteiger partial charge < -0.3 is 5.73 Å². The zero-order valence-electron chi connectivity index (χ0n) is 6.03. The molecule has 0 unspecified atom stereocenters. The molecule has 0 aliphatic heterocycles. The molecule has 0 aromatic rings. The molecule has 0 aliphatic carbocycles. The van der Waals surface area contributed by atoms with Crippen molar-refractivity contribution in [1.29, 1.82) is 5.26 Å². The molecule has 0 saturated heterocycles. The molecule has 0 spiro atoms. The van der Waals surface area contributed by atoms with Crippen LogP contribution in [0.15, 0.2) is 9.63 Å². The molecule has 0 radical (unpaired) electrons. The quantitative estimate of drug-likeness (QED) is 0.382. The SMILES string of the molecule is CC(C)(C#N)N=NSCN. The Bertz CT molecular complexity index is 158. The second-order valence-electron chi connectivity index (χ2n) is 2.15. The van der Waals surface area contributed by atoms with E-state index in [0.717, 1.165) is 11.9 Å². The van der Waals surface area contributed by atoms with Crippen molar-refractivity contribution in [3.63, 3.8) is 0 Å². The van der Waals surface area contributed by atoms with Gasteiger partial charge in [0.1, 0.15) is 0 Å². The van der Waals surface area contributed by atoms with Crippen molar-refractivity contribution in [2.24, 2.45) is 15.4 Å². The van der Waals surface area contributed by atoms with E-state index in [4.69, 9.17) is 11.0 Å². The minimum atomic E-state index is -0.720. The van der Waals surface area contributed by atoms with Gasteiger partial charge in [0.05, 0.1) is 11.9 Å². The summed E-state index contributed by atoms with van der Waals surface area (Å²) in [5, 5.41) is 12.2. The number of nitriles is 1. The molecule has 56 valence electrons. The summed E-state index contributed by atoms with van der Waals surface area (Å²) in [5.74, 6) is 0.394. The number of rotatable bonds is 3. The predicted octanol–water partition coefficient (Wildman–Crippen LogP) is 1.31. The summed E-state index contributed by atoms with van der Waals surface area (Å²) >= 11 is 1.14. The van der Waals surface area contributed by atoms with Gasteiger partial charge >= 0.3 is 0 Å². The van der Waals surface area contributed by atoms with Crippen LogP contribution in [0.4, 0.5) is 0 Å². The monoisotopic (exact) mass is 158 g/mol. The van der Waals surface area contributed by atoms with Crippen LogP contribution in [0.2, 0.25) is 0 Å². The lowest BCUT2D eigenvalue weighted by atomic mass is 10.1. The van der Waals surface area contributed by atoms with Crippen LogP contribution < -0.4 is 5.73 Å². The van der Waals surface area contributed by atoms with E-state index in [-0.39, 0.29) is 0 Å². The van der Waals surface area contributed by atoms with Crippen LogP contribution >= 0.6 is 11.9 Å². The minimum absolute atomic E-state index is 0.394. The fourth-order valence-corrected chi connectivity index (χ4v) is 0.515. The topological polar surface area (TPSA) is 74.5 Å². The van der Waals surface area contributed by atoms with Gasteiger partial charge in [-0.2, -0.15) is 10.4 Å². The van der Waals surface area contributed by atoms with E-state index in [0.29, 0.717) is 5.88 Å². The number of hydrogen-bond acceptors (Lipinski definition) is 5. The van der Waals surface area contributed by atoms with E-state index in [1.54, 1.807) is 13.8 Å². The van der Waals surface area contributed by atoms with Crippen molar-refractivity contribution in [3.8, 4) is 6.07 Å². The van der Waals surface area contributed by atoms with Gasteiger partial charge in [0.25, 0.3) is 0 Å². The lowest BCUT2D eigenvalue weighted by Gasteiger charge is -2.03. The summed E-state index contributed by atoms with van der Waals surface area (Å²) in [6.45, 7) is 3.38. The molecule has 0 amide bonds. The van der Waals surface area contributed by atoms with E-state index < -0.39 is 5.54 Å². The summed E-state index contributed by atoms with van der Waals surface area (Å²) in [6.07, 6.45) is 0. The Hall–Kier alpha value is -0.600. The zero-order chi connectivity index (χ0) is 8.04. The molecule has 5 heteroatoms. The standard InChI is InChI=1S/C5H10N4S/c1-5(2,3-6)8-9-10-4-7/h4,7H2,1-2H3. The second-order valence-corrected chi connectivity index (χ2v) is 2.90. The number of nitrogens with two attached hydrogens (primary N) is 1. The van der Waals surface area contributed by atoms with Crippen molar-refractivity contribution < 1.29 is 0 Å². The largest absolute Gasteiger partial charge is 0.320 e. The summed E-state index contributed by atoms with van der Waals surface area (Å²) in [6, 6.07) is 1.99. The van der Waals surface area contributed by atoms with Crippen molar-refractivity contribution in [3.05, 3.63) is 0 Å². The predicted molar refractivity (Wildman–Crippen MR) is 41.2 cm³/mol. The lowest BCUT2D eigenvalue weighted by molar-refractivity contribution is 0.642. The fraction of sp³-hybridized carbons (Fsp3) is 0.800. The van der Waals surface area contributed by atoms with Crippen molar-refractivity contribution in [2.75, 3.05) is 5.88 Å². The summed E-state index contributed by atoms with van der Waals surface area (Å²) in [5.41, 5.74) is 4.41.